The molecule has 0 unspecified atom stereocenters. The molecule has 1 aromatic carbocycles. The number of hydrogen-bond acceptors (Lipinski definition) is 3. The molecule has 0 bridgehead atoms. The molecule has 0 fully saturated rings. The fraction of sp³-hybridized carbons (Fsp3) is 0.333. The summed E-state index contributed by atoms with van der Waals surface area (Å²) in [7, 11) is -4.20. The van der Waals surface area contributed by atoms with Crippen LogP contribution in [0.3, 0.4) is 0 Å². The average Bonchev–Trinajstić information content (AvgIpc) is 2.13. The second kappa shape index (κ2) is 4.24. The third kappa shape index (κ3) is 2.32. The van der Waals surface area contributed by atoms with E-state index in [-0.39, 0.29) is 12.2 Å². The molecular weight excluding hydrogens is 226 g/mol. The molecule has 0 N–H and O–H groups in total. The summed E-state index contributed by atoms with van der Waals surface area (Å²) >= 11 is 0. The maximum absolute atomic E-state index is 13.2. The molecule has 0 aliphatic rings. The third-order valence-corrected chi connectivity index (χ3v) is 3.18. The minimum Gasteiger partial charge on any atom is -0.267 e. The fourth-order valence-electron chi connectivity index (χ4n) is 1.04. The summed E-state index contributed by atoms with van der Waals surface area (Å²) in [6, 6.07) is 2.17. The van der Waals surface area contributed by atoms with E-state index in [2.05, 4.69) is 4.18 Å². The van der Waals surface area contributed by atoms with Crippen LogP contribution < -0.4 is 0 Å². The molecule has 0 amide bonds. The molecule has 0 aromatic heterocycles. The summed E-state index contributed by atoms with van der Waals surface area (Å²) in [6.07, 6.45) is 0. The molecule has 0 atom stereocenters. The molecule has 0 radical (unpaired) electrons. The van der Waals surface area contributed by atoms with Gasteiger partial charge in [0.2, 0.25) is 0 Å². The van der Waals surface area contributed by atoms with Crippen LogP contribution in [-0.2, 0) is 14.3 Å². The molecule has 0 saturated carbocycles. The van der Waals surface area contributed by atoms with Crippen molar-refractivity contribution in [2.75, 3.05) is 6.61 Å². The van der Waals surface area contributed by atoms with E-state index in [1.807, 2.05) is 0 Å². The van der Waals surface area contributed by atoms with Gasteiger partial charge in [0.15, 0.2) is 11.6 Å². The van der Waals surface area contributed by atoms with Crippen molar-refractivity contribution in [2.45, 2.75) is 18.7 Å². The Morgan fingerprint density at radius 3 is 2.40 bits per heavy atom. The Bertz CT molecular complexity index is 468. The summed E-state index contributed by atoms with van der Waals surface area (Å²) in [6.45, 7) is 2.66. The van der Waals surface area contributed by atoms with Gasteiger partial charge in [-0.15, -0.1) is 0 Å². The molecule has 15 heavy (non-hydrogen) atoms. The predicted octanol–water partition coefficient (Wildman–Crippen LogP) is 2.00. The normalized spacial score (nSPS) is 11.7. The van der Waals surface area contributed by atoms with E-state index in [9.17, 15) is 17.2 Å². The van der Waals surface area contributed by atoms with Crippen molar-refractivity contribution in [1.82, 2.24) is 0 Å². The predicted molar refractivity (Wildman–Crippen MR) is 49.9 cm³/mol. The zero-order valence-corrected chi connectivity index (χ0v) is 9.07. The number of hydrogen-bond donors (Lipinski definition) is 0. The first-order chi connectivity index (χ1) is 6.90. The lowest BCUT2D eigenvalue weighted by Gasteiger charge is -2.06. The highest BCUT2D eigenvalue weighted by atomic mass is 32.2. The maximum Gasteiger partial charge on any atom is 0.300 e. The lowest BCUT2D eigenvalue weighted by Crippen LogP contribution is -2.09. The minimum absolute atomic E-state index is 0.0444. The van der Waals surface area contributed by atoms with Gasteiger partial charge in [-0.05, 0) is 25.5 Å². The maximum atomic E-state index is 13.2. The van der Waals surface area contributed by atoms with E-state index in [1.165, 1.54) is 19.9 Å². The van der Waals surface area contributed by atoms with Gasteiger partial charge in [0.1, 0.15) is 4.90 Å². The van der Waals surface area contributed by atoms with Crippen molar-refractivity contribution in [1.29, 1.82) is 0 Å². The molecule has 6 heteroatoms. The minimum atomic E-state index is -4.20. The molecule has 0 aliphatic carbocycles. The Morgan fingerprint density at radius 1 is 1.27 bits per heavy atom. The summed E-state index contributed by atoms with van der Waals surface area (Å²) < 4.78 is 53.2. The standard InChI is InChI=1S/C9H10F2O3S/c1-3-14-15(12,13)7-5-4-6(2)8(10)9(7)11/h4-5H,3H2,1-2H3. The smallest absolute Gasteiger partial charge is 0.267 e. The van der Waals surface area contributed by atoms with Gasteiger partial charge in [-0.3, -0.25) is 4.18 Å². The van der Waals surface area contributed by atoms with Gasteiger partial charge >= 0.3 is 0 Å². The van der Waals surface area contributed by atoms with Crippen molar-refractivity contribution >= 4 is 10.1 Å². The van der Waals surface area contributed by atoms with Gasteiger partial charge in [-0.2, -0.15) is 8.42 Å². The van der Waals surface area contributed by atoms with Gasteiger partial charge in [-0.25, -0.2) is 8.78 Å². The topological polar surface area (TPSA) is 43.4 Å². The van der Waals surface area contributed by atoms with Crippen LogP contribution >= 0.6 is 0 Å². The van der Waals surface area contributed by atoms with Crippen LogP contribution in [-0.4, -0.2) is 15.0 Å². The quantitative estimate of drug-likeness (QED) is 0.754. The van der Waals surface area contributed by atoms with Gasteiger partial charge in [-0.1, -0.05) is 6.07 Å². The summed E-state index contributed by atoms with van der Waals surface area (Å²) in [5.74, 6) is -2.57. The monoisotopic (exact) mass is 236 g/mol. The molecule has 0 aliphatic heterocycles. The van der Waals surface area contributed by atoms with Crippen LogP contribution in [0.4, 0.5) is 8.78 Å². The van der Waals surface area contributed by atoms with E-state index >= 15 is 0 Å². The SMILES string of the molecule is CCOS(=O)(=O)c1ccc(C)c(F)c1F. The van der Waals surface area contributed by atoms with Crippen molar-refractivity contribution in [2.24, 2.45) is 0 Å². The molecule has 0 heterocycles. The van der Waals surface area contributed by atoms with Crippen LogP contribution in [0.5, 0.6) is 0 Å². The van der Waals surface area contributed by atoms with Crippen LogP contribution in [0.25, 0.3) is 0 Å². The molecule has 1 rings (SSSR count). The highest BCUT2D eigenvalue weighted by Crippen LogP contribution is 2.21. The summed E-state index contributed by atoms with van der Waals surface area (Å²) in [5.41, 5.74) is 0.0444. The zero-order valence-electron chi connectivity index (χ0n) is 8.25. The van der Waals surface area contributed by atoms with Gasteiger partial charge < -0.3 is 0 Å². The lowest BCUT2D eigenvalue weighted by atomic mass is 10.2. The van der Waals surface area contributed by atoms with E-state index in [4.69, 9.17) is 0 Å². The van der Waals surface area contributed by atoms with E-state index in [0.717, 1.165) is 6.07 Å². The highest BCUT2D eigenvalue weighted by Gasteiger charge is 2.22. The summed E-state index contributed by atoms with van der Waals surface area (Å²) in [4.78, 5) is -0.771. The number of halogens is 2. The largest absolute Gasteiger partial charge is 0.300 e. The Morgan fingerprint density at radius 2 is 1.87 bits per heavy atom. The van der Waals surface area contributed by atoms with E-state index in [1.54, 1.807) is 0 Å². The van der Waals surface area contributed by atoms with Crippen LogP contribution in [0.15, 0.2) is 17.0 Å². The number of rotatable bonds is 3. The van der Waals surface area contributed by atoms with Crippen LogP contribution in [0.1, 0.15) is 12.5 Å². The fourth-order valence-corrected chi connectivity index (χ4v) is 2.02. The molecule has 0 saturated heterocycles. The second-order valence-corrected chi connectivity index (χ2v) is 4.45. The average molecular weight is 236 g/mol. The van der Waals surface area contributed by atoms with Crippen molar-refractivity contribution in [3.8, 4) is 0 Å². The van der Waals surface area contributed by atoms with Crippen molar-refractivity contribution in [3.63, 3.8) is 0 Å². The third-order valence-electron chi connectivity index (χ3n) is 1.78. The van der Waals surface area contributed by atoms with Gasteiger partial charge in [0.25, 0.3) is 10.1 Å². The first-order valence-electron chi connectivity index (χ1n) is 4.24. The molecule has 1 aromatic rings. The van der Waals surface area contributed by atoms with Crippen LogP contribution in [0, 0.1) is 18.6 Å². The van der Waals surface area contributed by atoms with Crippen LogP contribution in [0.2, 0.25) is 0 Å². The van der Waals surface area contributed by atoms with Crippen molar-refractivity contribution in [3.05, 3.63) is 29.3 Å². The summed E-state index contributed by atoms with van der Waals surface area (Å²) in [5, 5.41) is 0. The Balaban J connectivity index is 3.34. The van der Waals surface area contributed by atoms with E-state index < -0.39 is 26.6 Å². The lowest BCUT2D eigenvalue weighted by molar-refractivity contribution is 0.334. The van der Waals surface area contributed by atoms with E-state index in [0.29, 0.717) is 0 Å². The highest BCUT2D eigenvalue weighted by molar-refractivity contribution is 7.86. The number of aryl methyl sites for hydroxylation is 1. The molecule has 3 nitrogen and oxygen atoms in total. The zero-order chi connectivity index (χ0) is 11.6. The Kier molecular flexibility index (Phi) is 3.41. The molecule has 84 valence electrons. The number of benzene rings is 1. The molecular formula is C9H10F2O3S. The first kappa shape index (κ1) is 12.1. The van der Waals surface area contributed by atoms with Crippen molar-refractivity contribution < 1.29 is 21.4 Å². The van der Waals surface area contributed by atoms with Gasteiger partial charge in [0, 0.05) is 0 Å². The second-order valence-electron chi connectivity index (χ2n) is 2.87. The Labute approximate surface area is 86.8 Å². The van der Waals surface area contributed by atoms with Gasteiger partial charge in [0.05, 0.1) is 6.61 Å². The molecule has 0 spiro atoms. The Hall–Kier alpha value is -1.01. The first-order valence-corrected chi connectivity index (χ1v) is 5.65.